The Labute approximate surface area is 92.8 Å². The van der Waals surface area contributed by atoms with Crippen LogP contribution in [0.1, 0.15) is 12.5 Å². The first-order valence-corrected chi connectivity index (χ1v) is 5.74. The minimum absolute atomic E-state index is 0.362. The van der Waals surface area contributed by atoms with Gasteiger partial charge >= 0.3 is 0 Å². The summed E-state index contributed by atoms with van der Waals surface area (Å²) >= 11 is 3.47. The molecule has 0 bridgehead atoms. The highest BCUT2D eigenvalue weighted by molar-refractivity contribution is 9.10. The van der Waals surface area contributed by atoms with Crippen LogP contribution in [0.4, 0.5) is 0 Å². The van der Waals surface area contributed by atoms with E-state index in [1.54, 1.807) is 0 Å². The van der Waals surface area contributed by atoms with Crippen molar-refractivity contribution < 1.29 is 4.74 Å². The molecule has 1 aromatic carbocycles. The van der Waals surface area contributed by atoms with E-state index in [1.165, 1.54) is 5.56 Å². The monoisotopic (exact) mass is 255 g/mol. The van der Waals surface area contributed by atoms with Crippen LogP contribution in [0.25, 0.3) is 0 Å². The molecule has 1 heterocycles. The second kappa shape index (κ2) is 4.32. The molecule has 1 N–H and O–H groups in total. The predicted octanol–water partition coefficient (Wildman–Crippen LogP) is 2.36. The third-order valence-corrected chi connectivity index (χ3v) is 2.93. The zero-order chi connectivity index (χ0) is 9.97. The van der Waals surface area contributed by atoms with Crippen LogP contribution in [0.2, 0.25) is 0 Å². The Hall–Kier alpha value is -0.540. The third-order valence-electron chi connectivity index (χ3n) is 2.44. The van der Waals surface area contributed by atoms with Gasteiger partial charge in [-0.25, -0.2) is 0 Å². The zero-order valence-electron chi connectivity index (χ0n) is 8.22. The maximum Gasteiger partial charge on any atom is 0.123 e. The van der Waals surface area contributed by atoms with Crippen molar-refractivity contribution in [2.75, 3.05) is 13.1 Å². The highest BCUT2D eigenvalue weighted by atomic mass is 79.9. The minimum atomic E-state index is 0.362. The standard InChI is InChI=1S/C11H14BrNO/c1-2-8-5-9(12)3-4-11(8)14-10-6-13-7-10/h3-5,10,13H,2,6-7H2,1H3. The second-order valence-electron chi connectivity index (χ2n) is 3.50. The second-order valence-corrected chi connectivity index (χ2v) is 4.42. The highest BCUT2D eigenvalue weighted by Gasteiger charge is 2.19. The van der Waals surface area contributed by atoms with E-state index in [9.17, 15) is 0 Å². The summed E-state index contributed by atoms with van der Waals surface area (Å²) in [5.74, 6) is 1.03. The van der Waals surface area contributed by atoms with Crippen molar-refractivity contribution in [2.45, 2.75) is 19.4 Å². The van der Waals surface area contributed by atoms with E-state index in [0.717, 1.165) is 29.7 Å². The topological polar surface area (TPSA) is 21.3 Å². The lowest BCUT2D eigenvalue weighted by Crippen LogP contribution is -2.50. The number of benzene rings is 1. The summed E-state index contributed by atoms with van der Waals surface area (Å²) in [6.45, 7) is 4.09. The Kier molecular flexibility index (Phi) is 3.08. The molecule has 0 unspecified atom stereocenters. The van der Waals surface area contributed by atoms with Crippen molar-refractivity contribution in [1.82, 2.24) is 5.32 Å². The van der Waals surface area contributed by atoms with Crippen molar-refractivity contribution >= 4 is 15.9 Å². The first-order chi connectivity index (χ1) is 6.79. The van der Waals surface area contributed by atoms with Crippen LogP contribution < -0.4 is 10.1 Å². The van der Waals surface area contributed by atoms with Crippen LogP contribution in [-0.4, -0.2) is 19.2 Å². The van der Waals surface area contributed by atoms with Gasteiger partial charge in [0.25, 0.3) is 0 Å². The Morgan fingerprint density at radius 3 is 2.86 bits per heavy atom. The summed E-state index contributed by atoms with van der Waals surface area (Å²) in [5.41, 5.74) is 1.27. The van der Waals surface area contributed by atoms with Crippen LogP contribution in [-0.2, 0) is 6.42 Å². The zero-order valence-corrected chi connectivity index (χ0v) is 9.80. The lowest BCUT2D eigenvalue weighted by atomic mass is 10.1. The molecule has 0 atom stereocenters. The number of hydrogen-bond acceptors (Lipinski definition) is 2. The molecule has 1 aliphatic rings. The van der Waals surface area contributed by atoms with Crippen molar-refractivity contribution in [1.29, 1.82) is 0 Å². The Bertz CT molecular complexity index is 323. The van der Waals surface area contributed by atoms with Crippen molar-refractivity contribution in [3.63, 3.8) is 0 Å². The molecule has 1 saturated heterocycles. The fourth-order valence-electron chi connectivity index (χ4n) is 1.46. The van der Waals surface area contributed by atoms with Crippen LogP contribution in [0.3, 0.4) is 0 Å². The van der Waals surface area contributed by atoms with Gasteiger partial charge in [0.05, 0.1) is 0 Å². The quantitative estimate of drug-likeness (QED) is 0.896. The molecule has 2 rings (SSSR count). The van der Waals surface area contributed by atoms with Crippen molar-refractivity contribution in [2.24, 2.45) is 0 Å². The van der Waals surface area contributed by atoms with E-state index in [2.05, 4.69) is 34.2 Å². The SMILES string of the molecule is CCc1cc(Br)ccc1OC1CNC1. The highest BCUT2D eigenvalue weighted by Crippen LogP contribution is 2.25. The molecule has 0 aromatic heterocycles. The molecule has 0 amide bonds. The molecule has 1 aliphatic heterocycles. The van der Waals surface area contributed by atoms with Crippen LogP contribution >= 0.6 is 15.9 Å². The Morgan fingerprint density at radius 1 is 1.50 bits per heavy atom. The fraction of sp³-hybridized carbons (Fsp3) is 0.455. The molecule has 0 saturated carbocycles. The average Bonchev–Trinajstić information content (AvgIpc) is 2.13. The minimum Gasteiger partial charge on any atom is -0.487 e. The smallest absolute Gasteiger partial charge is 0.123 e. The number of halogens is 1. The number of ether oxygens (including phenoxy) is 1. The Balaban J connectivity index is 2.14. The van der Waals surface area contributed by atoms with Gasteiger partial charge in [-0.3, -0.25) is 0 Å². The molecule has 0 radical (unpaired) electrons. The fourth-order valence-corrected chi connectivity index (χ4v) is 1.87. The number of aryl methyl sites for hydroxylation is 1. The van der Waals surface area contributed by atoms with E-state index in [0.29, 0.717) is 6.10 Å². The van der Waals surface area contributed by atoms with E-state index in [4.69, 9.17) is 4.74 Å². The molecule has 0 spiro atoms. The molecule has 76 valence electrons. The molecule has 3 heteroatoms. The average molecular weight is 256 g/mol. The normalized spacial score (nSPS) is 16.4. The van der Waals surface area contributed by atoms with Gasteiger partial charge in [0, 0.05) is 17.6 Å². The van der Waals surface area contributed by atoms with Gasteiger partial charge in [-0.1, -0.05) is 22.9 Å². The van der Waals surface area contributed by atoms with Crippen molar-refractivity contribution in [3.05, 3.63) is 28.2 Å². The molecular weight excluding hydrogens is 242 g/mol. The molecule has 2 nitrogen and oxygen atoms in total. The summed E-state index contributed by atoms with van der Waals surface area (Å²) in [6, 6.07) is 6.20. The third kappa shape index (κ3) is 2.10. The van der Waals surface area contributed by atoms with E-state index in [1.807, 2.05) is 12.1 Å². The van der Waals surface area contributed by atoms with E-state index < -0.39 is 0 Å². The van der Waals surface area contributed by atoms with Gasteiger partial charge in [0.15, 0.2) is 0 Å². The van der Waals surface area contributed by atoms with Gasteiger partial charge in [-0.05, 0) is 30.2 Å². The maximum atomic E-state index is 5.84. The number of hydrogen-bond donors (Lipinski definition) is 1. The van der Waals surface area contributed by atoms with Crippen LogP contribution in [0, 0.1) is 0 Å². The number of rotatable bonds is 3. The predicted molar refractivity (Wildman–Crippen MR) is 60.8 cm³/mol. The summed E-state index contributed by atoms with van der Waals surface area (Å²) < 4.78 is 6.96. The van der Waals surface area contributed by atoms with Gasteiger partial charge in [0.2, 0.25) is 0 Å². The maximum absolute atomic E-state index is 5.84. The Morgan fingerprint density at radius 2 is 2.29 bits per heavy atom. The molecule has 14 heavy (non-hydrogen) atoms. The van der Waals surface area contributed by atoms with Crippen LogP contribution in [0.5, 0.6) is 5.75 Å². The van der Waals surface area contributed by atoms with Gasteiger partial charge in [0.1, 0.15) is 11.9 Å². The summed E-state index contributed by atoms with van der Waals surface area (Å²) in [7, 11) is 0. The molecule has 0 aliphatic carbocycles. The van der Waals surface area contributed by atoms with E-state index >= 15 is 0 Å². The number of nitrogens with one attached hydrogen (secondary N) is 1. The first kappa shape index (κ1) is 9.99. The van der Waals surface area contributed by atoms with Gasteiger partial charge < -0.3 is 10.1 Å². The van der Waals surface area contributed by atoms with Crippen LogP contribution in [0.15, 0.2) is 22.7 Å². The van der Waals surface area contributed by atoms with Gasteiger partial charge in [-0.15, -0.1) is 0 Å². The summed E-state index contributed by atoms with van der Waals surface area (Å²) in [5, 5.41) is 3.20. The molecule has 1 aromatic rings. The van der Waals surface area contributed by atoms with E-state index in [-0.39, 0.29) is 0 Å². The van der Waals surface area contributed by atoms with Gasteiger partial charge in [-0.2, -0.15) is 0 Å². The largest absolute Gasteiger partial charge is 0.487 e. The van der Waals surface area contributed by atoms with Crippen molar-refractivity contribution in [3.8, 4) is 5.75 Å². The lowest BCUT2D eigenvalue weighted by molar-refractivity contribution is 0.141. The molecular formula is C11H14BrNO. The summed E-state index contributed by atoms with van der Waals surface area (Å²) in [6.07, 6.45) is 1.37. The summed E-state index contributed by atoms with van der Waals surface area (Å²) in [4.78, 5) is 0. The molecule has 1 fully saturated rings. The lowest BCUT2D eigenvalue weighted by Gasteiger charge is -2.28. The first-order valence-electron chi connectivity index (χ1n) is 4.95.